The summed E-state index contributed by atoms with van der Waals surface area (Å²) in [5.74, 6) is 0.734. The number of thioether (sulfide) groups is 1. The second-order valence-electron chi connectivity index (χ2n) is 8.93. The molecule has 0 aliphatic carbocycles. The number of unbranched alkanes of at least 4 members (excludes halogenated alkanes) is 1. The van der Waals surface area contributed by atoms with E-state index in [1.54, 1.807) is 17.5 Å². The van der Waals surface area contributed by atoms with Crippen molar-refractivity contribution in [3.8, 4) is 5.75 Å². The highest BCUT2D eigenvalue weighted by Crippen LogP contribution is 2.42. The summed E-state index contributed by atoms with van der Waals surface area (Å²) in [6, 6.07) is 20.9. The Balaban J connectivity index is 1.90. The van der Waals surface area contributed by atoms with E-state index in [4.69, 9.17) is 4.74 Å². The summed E-state index contributed by atoms with van der Waals surface area (Å²) < 4.78 is 35.7. The zero-order valence-electron chi connectivity index (χ0n) is 21.1. The highest BCUT2D eigenvalue weighted by molar-refractivity contribution is 7.98. The van der Waals surface area contributed by atoms with Gasteiger partial charge >= 0.3 is 0 Å². The summed E-state index contributed by atoms with van der Waals surface area (Å²) in [7, 11) is -2.25. The molecular formula is C28H34N2O4S2. The van der Waals surface area contributed by atoms with Crippen LogP contribution in [0.4, 0.5) is 11.4 Å². The number of fused-ring (bicyclic) bond motifs is 1. The van der Waals surface area contributed by atoms with E-state index < -0.39 is 10.0 Å². The molecule has 0 radical (unpaired) electrons. The lowest BCUT2D eigenvalue weighted by atomic mass is 10.1. The van der Waals surface area contributed by atoms with E-state index in [-0.39, 0.29) is 24.1 Å². The van der Waals surface area contributed by atoms with Gasteiger partial charge < -0.3 is 14.7 Å². The topological polar surface area (TPSA) is 70.1 Å². The number of aliphatic hydroxyl groups is 1. The summed E-state index contributed by atoms with van der Waals surface area (Å²) in [4.78, 5) is 3.24. The number of aliphatic hydroxyl groups excluding tert-OH is 1. The van der Waals surface area contributed by atoms with Crippen molar-refractivity contribution in [1.82, 2.24) is 4.31 Å². The van der Waals surface area contributed by atoms with E-state index in [9.17, 15) is 13.5 Å². The molecule has 1 N–H and O–H groups in total. The predicted molar refractivity (Wildman–Crippen MR) is 147 cm³/mol. The maximum atomic E-state index is 14.4. The highest BCUT2D eigenvalue weighted by atomic mass is 32.2. The molecule has 0 saturated carbocycles. The summed E-state index contributed by atoms with van der Waals surface area (Å²) in [6.45, 7) is 2.71. The first kappa shape index (κ1) is 26.5. The van der Waals surface area contributed by atoms with Gasteiger partial charge in [0.2, 0.25) is 10.0 Å². The summed E-state index contributed by atoms with van der Waals surface area (Å²) >= 11 is 1.51. The van der Waals surface area contributed by atoms with E-state index in [2.05, 4.69) is 11.8 Å². The number of ether oxygens (including phenoxy) is 1. The molecule has 1 heterocycles. The summed E-state index contributed by atoms with van der Waals surface area (Å²) in [5, 5.41) is 10.0. The summed E-state index contributed by atoms with van der Waals surface area (Å²) in [5.41, 5.74) is 3.12. The number of anilines is 2. The lowest BCUT2D eigenvalue weighted by Crippen LogP contribution is -2.43. The number of rotatable bonds is 9. The van der Waals surface area contributed by atoms with Crippen LogP contribution in [0.2, 0.25) is 0 Å². The minimum Gasteiger partial charge on any atom is -0.497 e. The van der Waals surface area contributed by atoms with Crippen LogP contribution >= 0.6 is 11.8 Å². The van der Waals surface area contributed by atoms with Crippen molar-refractivity contribution in [3.05, 3.63) is 77.9 Å². The SMILES string of the molecule is CCCCC1CN(c2ccccc2)c2cc(SC)c(CO)cc2S(=O)(=O)N1Cc1ccc(OC)cc1. The molecule has 1 aliphatic rings. The number of hydrogen-bond donors (Lipinski definition) is 1. The number of sulfonamides is 1. The number of benzene rings is 3. The summed E-state index contributed by atoms with van der Waals surface area (Å²) in [6.07, 6.45) is 4.61. The first-order valence-corrected chi connectivity index (χ1v) is 14.9. The van der Waals surface area contributed by atoms with Gasteiger partial charge in [-0.25, -0.2) is 8.42 Å². The second-order valence-corrected chi connectivity index (χ2v) is 11.6. The Labute approximate surface area is 219 Å². The van der Waals surface area contributed by atoms with Gasteiger partial charge in [-0.15, -0.1) is 11.8 Å². The Morgan fingerprint density at radius 2 is 1.81 bits per heavy atom. The van der Waals surface area contributed by atoms with E-state index >= 15 is 0 Å². The van der Waals surface area contributed by atoms with Crippen molar-refractivity contribution in [1.29, 1.82) is 0 Å². The minimum atomic E-state index is -3.87. The van der Waals surface area contributed by atoms with Gasteiger partial charge in [-0.3, -0.25) is 0 Å². The molecule has 192 valence electrons. The Bertz CT molecular complexity index is 1260. The lowest BCUT2D eigenvalue weighted by molar-refractivity contribution is 0.278. The van der Waals surface area contributed by atoms with E-state index in [0.29, 0.717) is 17.8 Å². The van der Waals surface area contributed by atoms with Crippen LogP contribution in [0, 0.1) is 0 Å². The van der Waals surface area contributed by atoms with Gasteiger partial charge in [-0.1, -0.05) is 50.1 Å². The number of hydrogen-bond acceptors (Lipinski definition) is 6. The maximum Gasteiger partial charge on any atom is 0.245 e. The van der Waals surface area contributed by atoms with Crippen molar-refractivity contribution >= 4 is 33.2 Å². The molecule has 3 aromatic rings. The van der Waals surface area contributed by atoms with Crippen LogP contribution in [0.15, 0.2) is 76.5 Å². The monoisotopic (exact) mass is 526 g/mol. The number of para-hydroxylation sites is 1. The highest BCUT2D eigenvalue weighted by Gasteiger charge is 2.39. The average Bonchev–Trinajstić information content (AvgIpc) is 3.00. The van der Waals surface area contributed by atoms with Crippen LogP contribution in [0.25, 0.3) is 0 Å². The molecule has 0 aromatic heterocycles. The van der Waals surface area contributed by atoms with Crippen LogP contribution in [0.5, 0.6) is 5.75 Å². The normalized spacial score (nSPS) is 17.4. The van der Waals surface area contributed by atoms with Gasteiger partial charge in [0.1, 0.15) is 10.6 Å². The largest absolute Gasteiger partial charge is 0.497 e. The molecule has 0 fully saturated rings. The molecule has 0 bridgehead atoms. The maximum absolute atomic E-state index is 14.4. The molecule has 1 aliphatic heterocycles. The molecule has 0 amide bonds. The van der Waals surface area contributed by atoms with Crippen molar-refractivity contribution in [2.45, 2.75) is 55.2 Å². The molecular weight excluding hydrogens is 492 g/mol. The lowest BCUT2D eigenvalue weighted by Gasteiger charge is -2.31. The first-order valence-electron chi connectivity index (χ1n) is 12.2. The molecule has 6 nitrogen and oxygen atoms in total. The Kier molecular flexibility index (Phi) is 8.62. The van der Waals surface area contributed by atoms with Crippen molar-refractivity contribution in [2.75, 3.05) is 24.8 Å². The zero-order valence-corrected chi connectivity index (χ0v) is 22.7. The smallest absolute Gasteiger partial charge is 0.245 e. The third kappa shape index (κ3) is 5.42. The van der Waals surface area contributed by atoms with Gasteiger partial charge in [-0.2, -0.15) is 4.31 Å². The van der Waals surface area contributed by atoms with Crippen molar-refractivity contribution < 1.29 is 18.3 Å². The van der Waals surface area contributed by atoms with Crippen molar-refractivity contribution in [2.24, 2.45) is 0 Å². The van der Waals surface area contributed by atoms with Gasteiger partial charge in [0.15, 0.2) is 0 Å². The third-order valence-corrected chi connectivity index (χ3v) is 9.41. The Morgan fingerprint density at radius 1 is 1.08 bits per heavy atom. The molecule has 1 unspecified atom stereocenters. The first-order chi connectivity index (χ1) is 17.4. The van der Waals surface area contributed by atoms with Crippen molar-refractivity contribution in [3.63, 3.8) is 0 Å². The zero-order chi connectivity index (χ0) is 25.7. The molecule has 0 saturated heterocycles. The van der Waals surface area contributed by atoms with Crippen LogP contribution < -0.4 is 9.64 Å². The minimum absolute atomic E-state index is 0.220. The molecule has 8 heteroatoms. The van der Waals surface area contributed by atoms with Crippen LogP contribution in [0.3, 0.4) is 0 Å². The Hall–Kier alpha value is -2.52. The average molecular weight is 527 g/mol. The molecule has 4 rings (SSSR count). The van der Waals surface area contributed by atoms with Gasteiger partial charge in [0, 0.05) is 29.7 Å². The van der Waals surface area contributed by atoms with E-state index in [0.717, 1.165) is 41.2 Å². The van der Waals surface area contributed by atoms with Gasteiger partial charge in [-0.05, 0) is 60.2 Å². The van der Waals surface area contributed by atoms with Crippen LogP contribution in [-0.2, 0) is 23.2 Å². The molecule has 1 atom stereocenters. The Morgan fingerprint density at radius 3 is 2.42 bits per heavy atom. The number of methoxy groups -OCH3 is 1. The van der Waals surface area contributed by atoms with E-state index in [1.165, 1.54) is 11.8 Å². The van der Waals surface area contributed by atoms with Crippen LogP contribution in [-0.4, -0.2) is 43.8 Å². The fraction of sp³-hybridized carbons (Fsp3) is 0.357. The standard InChI is InChI=1S/C28H34N2O4S2/c1-4-5-9-24-19-29(23-10-7-6-8-11-23)26-17-27(35-3)22(20-31)16-28(26)36(32,33)30(24)18-21-12-14-25(34-2)15-13-21/h6-8,10-17,24,31H,4-5,9,18-20H2,1-3H3. The predicted octanol–water partition coefficient (Wildman–Crippen LogP) is 5.81. The fourth-order valence-corrected chi connectivity index (χ4v) is 7.17. The van der Waals surface area contributed by atoms with Crippen LogP contribution in [0.1, 0.15) is 37.3 Å². The molecule has 3 aromatic carbocycles. The van der Waals surface area contributed by atoms with E-state index in [1.807, 2.05) is 66.9 Å². The van der Waals surface area contributed by atoms with Gasteiger partial charge in [0.05, 0.1) is 19.4 Å². The second kappa shape index (κ2) is 11.7. The quantitative estimate of drug-likeness (QED) is 0.355. The molecule has 36 heavy (non-hydrogen) atoms. The van der Waals surface area contributed by atoms with Gasteiger partial charge in [0.25, 0.3) is 0 Å². The number of nitrogens with zero attached hydrogens (tertiary/aromatic N) is 2. The third-order valence-electron chi connectivity index (χ3n) is 6.67. The molecule has 0 spiro atoms. The fourth-order valence-electron chi connectivity index (χ4n) is 4.70.